The molecule has 3 rings (SSSR count). The van der Waals surface area contributed by atoms with E-state index in [-0.39, 0.29) is 12.6 Å². The van der Waals surface area contributed by atoms with Crippen LogP contribution in [0.5, 0.6) is 5.75 Å². The Bertz CT molecular complexity index is 808. The number of ether oxygens (including phenoxy) is 1. The predicted molar refractivity (Wildman–Crippen MR) is 131 cm³/mol. The van der Waals surface area contributed by atoms with Crippen LogP contribution >= 0.6 is 34.8 Å². The maximum Gasteiger partial charge on any atom is 0.329 e. The van der Waals surface area contributed by atoms with Crippen LogP contribution in [-0.2, 0) is 0 Å². The highest BCUT2D eigenvalue weighted by Gasteiger charge is 2.19. The summed E-state index contributed by atoms with van der Waals surface area (Å²) in [5.41, 5.74) is 0. The Morgan fingerprint density at radius 2 is 1.67 bits per heavy atom. The normalized spacial score (nSPS) is 17.8. The van der Waals surface area contributed by atoms with Gasteiger partial charge in [0.15, 0.2) is 5.75 Å². The number of aromatic nitrogens is 2. The fourth-order valence-corrected chi connectivity index (χ4v) is 4.56. The summed E-state index contributed by atoms with van der Waals surface area (Å²) >= 11 is 18.0. The molecule has 1 aliphatic carbocycles. The van der Waals surface area contributed by atoms with Gasteiger partial charge in [0.2, 0.25) is 0 Å². The summed E-state index contributed by atoms with van der Waals surface area (Å²) in [5, 5.41) is 18.7. The molecule has 1 aliphatic rings. The molecule has 0 aliphatic heterocycles. The minimum Gasteiger partial charge on any atom is -0.489 e. The quantitative estimate of drug-likeness (QED) is 0.488. The first kappa shape index (κ1) is 27.7. The number of hydrogen-bond donors (Lipinski definition) is 2. The topological polar surface area (TPSA) is 87.8 Å². The van der Waals surface area contributed by atoms with Gasteiger partial charge >= 0.3 is 6.03 Å². The van der Waals surface area contributed by atoms with Crippen LogP contribution in [0.2, 0.25) is 15.1 Å². The van der Waals surface area contributed by atoms with Crippen LogP contribution in [0.3, 0.4) is 0 Å². The van der Waals surface area contributed by atoms with Crippen LogP contribution in [0.15, 0.2) is 30.9 Å². The van der Waals surface area contributed by atoms with E-state index in [0.717, 1.165) is 32.1 Å². The number of amides is 1. The molecule has 1 aromatic carbocycles. The monoisotopic (exact) mass is 519 g/mol. The minimum atomic E-state index is -0.152. The molecule has 1 fully saturated rings. The van der Waals surface area contributed by atoms with Crippen molar-refractivity contribution in [1.29, 1.82) is 0 Å². The highest BCUT2D eigenvalue weighted by atomic mass is 35.5. The Kier molecular flexibility index (Phi) is 12.3. The highest BCUT2D eigenvalue weighted by molar-refractivity contribution is 6.40. The number of hydrogen-bond acceptors (Lipinski definition) is 5. The van der Waals surface area contributed by atoms with Crippen molar-refractivity contribution in [2.45, 2.75) is 39.0 Å². The van der Waals surface area contributed by atoms with Crippen molar-refractivity contribution in [2.75, 3.05) is 32.9 Å². The van der Waals surface area contributed by atoms with Crippen LogP contribution in [0, 0.1) is 11.8 Å². The predicted octanol–water partition coefficient (Wildman–Crippen LogP) is 5.38. The maximum atomic E-state index is 12.3. The first-order chi connectivity index (χ1) is 15.9. The van der Waals surface area contributed by atoms with E-state index in [1.165, 1.54) is 10.9 Å². The number of nitrogens with zero attached hydrogens (tertiary/aromatic N) is 3. The number of rotatable bonds is 8. The molecule has 0 radical (unpaired) electrons. The lowest BCUT2D eigenvalue weighted by Gasteiger charge is -2.25. The number of aliphatic hydroxyl groups is 2. The fourth-order valence-electron chi connectivity index (χ4n) is 3.63. The SMILES string of the molecule is CCCN(CCOc1c(Cl)cc(Cl)cc1Cl)C(=O)n1ccnc1.OCC1CCC(CO)CC1. The molecule has 0 atom stereocenters. The Labute approximate surface area is 210 Å². The van der Waals surface area contributed by atoms with E-state index in [4.69, 9.17) is 49.8 Å². The van der Waals surface area contributed by atoms with Crippen LogP contribution < -0.4 is 4.74 Å². The van der Waals surface area contributed by atoms with Gasteiger partial charge in [0.25, 0.3) is 0 Å². The molecule has 0 spiro atoms. The molecule has 0 unspecified atom stereocenters. The van der Waals surface area contributed by atoms with Crippen LogP contribution in [-0.4, -0.2) is 63.6 Å². The van der Waals surface area contributed by atoms with E-state index in [1.807, 2.05) is 6.92 Å². The zero-order valence-corrected chi connectivity index (χ0v) is 21.1. The lowest BCUT2D eigenvalue weighted by atomic mass is 9.83. The third-order valence-electron chi connectivity index (χ3n) is 5.54. The van der Waals surface area contributed by atoms with E-state index >= 15 is 0 Å². The third-order valence-corrected chi connectivity index (χ3v) is 6.32. The van der Waals surface area contributed by atoms with E-state index in [1.54, 1.807) is 29.4 Å². The Morgan fingerprint density at radius 3 is 2.12 bits per heavy atom. The van der Waals surface area contributed by atoms with Crippen LogP contribution in [0.25, 0.3) is 0 Å². The molecular formula is C23H32Cl3N3O4. The maximum absolute atomic E-state index is 12.3. The van der Waals surface area contributed by atoms with Crippen LogP contribution in [0.1, 0.15) is 39.0 Å². The van der Waals surface area contributed by atoms with Crippen molar-refractivity contribution in [2.24, 2.45) is 11.8 Å². The lowest BCUT2D eigenvalue weighted by molar-refractivity contribution is 0.131. The molecule has 0 saturated heterocycles. The summed E-state index contributed by atoms with van der Waals surface area (Å²) < 4.78 is 7.05. The molecule has 7 nitrogen and oxygen atoms in total. The third kappa shape index (κ3) is 8.98. The Hall–Kier alpha value is -1.51. The zero-order valence-electron chi connectivity index (χ0n) is 18.8. The summed E-state index contributed by atoms with van der Waals surface area (Å²) in [7, 11) is 0. The van der Waals surface area contributed by atoms with Gasteiger partial charge in [-0.05, 0) is 56.1 Å². The van der Waals surface area contributed by atoms with Gasteiger partial charge in [0.05, 0.1) is 16.6 Å². The standard InChI is InChI=1S/C15H16Cl3N3O2.C8H16O2/c1-2-4-20(15(22)21-5-3-19-10-21)6-7-23-14-12(17)8-11(16)9-13(14)18;9-5-7-1-2-8(6-10)4-3-7/h3,5,8-10H,2,4,6-7H2,1H3;7-10H,1-6H2. The van der Waals surface area contributed by atoms with Crippen molar-refractivity contribution in [1.82, 2.24) is 14.5 Å². The van der Waals surface area contributed by atoms with Gasteiger partial charge in [-0.25, -0.2) is 9.78 Å². The van der Waals surface area contributed by atoms with Crippen LogP contribution in [0.4, 0.5) is 4.79 Å². The van der Waals surface area contributed by atoms with E-state index in [9.17, 15) is 4.79 Å². The molecule has 1 heterocycles. The van der Waals surface area contributed by atoms with Crippen molar-refractivity contribution in [3.63, 3.8) is 0 Å². The minimum absolute atomic E-state index is 0.152. The Balaban J connectivity index is 0.000000321. The number of carbonyl (C=O) groups excluding carboxylic acids is 1. The summed E-state index contributed by atoms with van der Waals surface area (Å²) in [6.45, 7) is 3.95. The van der Waals surface area contributed by atoms with Gasteiger partial charge in [0.1, 0.15) is 12.9 Å². The molecule has 33 heavy (non-hydrogen) atoms. The molecule has 2 aromatic rings. The first-order valence-corrected chi connectivity index (χ1v) is 12.3. The molecule has 1 saturated carbocycles. The van der Waals surface area contributed by atoms with Crippen molar-refractivity contribution in [3.8, 4) is 5.75 Å². The molecule has 2 N–H and O–H groups in total. The first-order valence-electron chi connectivity index (χ1n) is 11.2. The van der Waals surface area contributed by atoms with Gasteiger partial charge in [0, 0.05) is 37.2 Å². The van der Waals surface area contributed by atoms with Gasteiger partial charge in [-0.1, -0.05) is 41.7 Å². The second-order valence-electron chi connectivity index (χ2n) is 8.04. The van der Waals surface area contributed by atoms with Gasteiger partial charge in [-0.15, -0.1) is 0 Å². The highest BCUT2D eigenvalue weighted by Crippen LogP contribution is 2.35. The number of imidazole rings is 1. The van der Waals surface area contributed by atoms with Crippen molar-refractivity contribution < 1.29 is 19.7 Å². The molecule has 10 heteroatoms. The van der Waals surface area contributed by atoms with Gasteiger partial charge in [-0.2, -0.15) is 0 Å². The zero-order chi connectivity index (χ0) is 24.2. The summed E-state index contributed by atoms with van der Waals surface area (Å²) in [5.74, 6) is 1.40. The lowest BCUT2D eigenvalue weighted by Crippen LogP contribution is -2.37. The Morgan fingerprint density at radius 1 is 1.09 bits per heavy atom. The van der Waals surface area contributed by atoms with E-state index in [0.29, 0.717) is 59.0 Å². The smallest absolute Gasteiger partial charge is 0.329 e. The number of carbonyl (C=O) groups is 1. The van der Waals surface area contributed by atoms with Gasteiger partial charge in [-0.3, -0.25) is 4.57 Å². The van der Waals surface area contributed by atoms with Crippen molar-refractivity contribution in [3.05, 3.63) is 45.9 Å². The van der Waals surface area contributed by atoms with Gasteiger partial charge < -0.3 is 19.8 Å². The molecule has 1 aromatic heterocycles. The molecule has 1 amide bonds. The average Bonchev–Trinajstić information content (AvgIpc) is 3.35. The summed E-state index contributed by atoms with van der Waals surface area (Å²) in [6, 6.07) is 2.97. The second kappa shape index (κ2) is 14.7. The summed E-state index contributed by atoms with van der Waals surface area (Å²) in [4.78, 5) is 17.9. The van der Waals surface area contributed by atoms with Crippen molar-refractivity contribution >= 4 is 40.8 Å². The number of aliphatic hydroxyl groups excluding tert-OH is 2. The number of halogens is 3. The van der Waals surface area contributed by atoms with E-state index < -0.39 is 0 Å². The molecule has 0 bridgehead atoms. The largest absolute Gasteiger partial charge is 0.489 e. The van der Waals surface area contributed by atoms with E-state index in [2.05, 4.69) is 4.98 Å². The molecular weight excluding hydrogens is 489 g/mol. The molecule has 184 valence electrons. The number of benzene rings is 1. The summed E-state index contributed by atoms with van der Waals surface area (Å²) in [6.07, 6.45) is 9.87. The second-order valence-corrected chi connectivity index (χ2v) is 9.29. The average molecular weight is 521 g/mol. The fraction of sp³-hybridized carbons (Fsp3) is 0.565.